The molecule has 0 aromatic carbocycles. The molecule has 0 unspecified atom stereocenters. The van der Waals surface area contributed by atoms with Crippen molar-refractivity contribution in [2.45, 2.75) is 6.92 Å². The van der Waals surface area contributed by atoms with Crippen molar-refractivity contribution in [3.05, 3.63) is 24.4 Å². The zero-order valence-electron chi connectivity index (χ0n) is 5.91. The summed E-state index contributed by atoms with van der Waals surface area (Å²) in [7, 11) is 0. The van der Waals surface area contributed by atoms with E-state index in [2.05, 4.69) is 18.5 Å². The maximum absolute atomic E-state index is 5.27. The summed E-state index contributed by atoms with van der Waals surface area (Å²) >= 11 is 0. The molecule has 0 amide bonds. The van der Waals surface area contributed by atoms with Crippen LogP contribution in [0.3, 0.4) is 0 Å². The lowest BCUT2D eigenvalue weighted by Crippen LogP contribution is -2.20. The van der Waals surface area contributed by atoms with E-state index in [1.165, 1.54) is 0 Å². The molecule has 0 spiro atoms. The van der Waals surface area contributed by atoms with Crippen molar-refractivity contribution >= 4 is 0 Å². The predicted octanol–water partition coefficient (Wildman–Crippen LogP) is 0.625. The highest BCUT2D eigenvalue weighted by Gasteiger charge is 1.86. The molecule has 0 aliphatic rings. The number of hydrogen-bond donors (Lipinski definition) is 2. The minimum atomic E-state index is 0.493. The van der Waals surface area contributed by atoms with E-state index in [-0.39, 0.29) is 0 Å². The lowest BCUT2D eigenvalue weighted by Gasteiger charge is -2.05. The van der Waals surface area contributed by atoms with Crippen molar-refractivity contribution in [3.63, 3.8) is 0 Å². The number of nitrogens with two attached hydrogens (primary N) is 1. The van der Waals surface area contributed by atoms with Crippen LogP contribution in [0.2, 0.25) is 0 Å². The van der Waals surface area contributed by atoms with Gasteiger partial charge in [-0.15, -0.1) is 0 Å². The van der Waals surface area contributed by atoms with Crippen molar-refractivity contribution < 1.29 is 0 Å². The van der Waals surface area contributed by atoms with Crippen LogP contribution in [-0.2, 0) is 0 Å². The molecule has 0 radical (unpaired) electrons. The van der Waals surface area contributed by atoms with E-state index >= 15 is 0 Å². The van der Waals surface area contributed by atoms with E-state index in [1.807, 2.05) is 6.92 Å². The summed E-state index contributed by atoms with van der Waals surface area (Å²) in [5.74, 6) is 0. The summed E-state index contributed by atoms with van der Waals surface area (Å²) < 4.78 is 0. The molecular formula is C7H14N2. The fraction of sp³-hybridized carbons (Fsp3) is 0.429. The van der Waals surface area contributed by atoms with Gasteiger partial charge in [0.25, 0.3) is 0 Å². The topological polar surface area (TPSA) is 38.0 Å². The maximum atomic E-state index is 5.27. The molecule has 2 heteroatoms. The second kappa shape index (κ2) is 4.15. The summed E-state index contributed by atoms with van der Waals surface area (Å²) in [6.07, 6.45) is 0. The first kappa shape index (κ1) is 8.24. The van der Waals surface area contributed by atoms with Crippen LogP contribution < -0.4 is 11.1 Å². The fourth-order valence-corrected chi connectivity index (χ4v) is 0.348. The Balaban J connectivity index is 3.28. The third-order valence-electron chi connectivity index (χ3n) is 0.887. The van der Waals surface area contributed by atoms with Gasteiger partial charge in [-0.25, -0.2) is 0 Å². The van der Waals surface area contributed by atoms with Crippen LogP contribution in [-0.4, -0.2) is 13.1 Å². The predicted molar refractivity (Wildman–Crippen MR) is 41.0 cm³/mol. The van der Waals surface area contributed by atoms with Crippen LogP contribution >= 0.6 is 0 Å². The average molecular weight is 126 g/mol. The Morgan fingerprint density at radius 1 is 1.56 bits per heavy atom. The second-order valence-corrected chi connectivity index (χ2v) is 2.12. The molecular weight excluding hydrogens is 112 g/mol. The van der Waals surface area contributed by atoms with Crippen LogP contribution in [0.4, 0.5) is 0 Å². The molecule has 0 saturated heterocycles. The normalized spacial score (nSPS) is 8.67. The number of rotatable bonds is 4. The molecule has 3 N–H and O–H groups in total. The molecule has 0 aliphatic carbocycles. The van der Waals surface area contributed by atoms with E-state index < -0.39 is 0 Å². The van der Waals surface area contributed by atoms with Crippen LogP contribution in [0.25, 0.3) is 0 Å². The summed E-state index contributed by atoms with van der Waals surface area (Å²) in [5, 5.41) is 3.01. The van der Waals surface area contributed by atoms with Crippen LogP contribution in [0.1, 0.15) is 6.92 Å². The first-order valence-corrected chi connectivity index (χ1v) is 2.93. The highest BCUT2D eigenvalue weighted by atomic mass is 14.9. The average Bonchev–Trinajstić information content (AvgIpc) is 1.83. The monoisotopic (exact) mass is 126 g/mol. The molecule has 52 valence electrons. The van der Waals surface area contributed by atoms with Gasteiger partial charge in [-0.05, 0) is 6.92 Å². The first-order valence-electron chi connectivity index (χ1n) is 2.93. The van der Waals surface area contributed by atoms with Gasteiger partial charge in [-0.3, -0.25) is 0 Å². The van der Waals surface area contributed by atoms with E-state index in [0.29, 0.717) is 6.54 Å². The van der Waals surface area contributed by atoms with Gasteiger partial charge in [0, 0.05) is 18.8 Å². The van der Waals surface area contributed by atoms with Gasteiger partial charge in [-0.1, -0.05) is 18.7 Å². The Kier molecular flexibility index (Phi) is 3.80. The van der Waals surface area contributed by atoms with Crippen LogP contribution in [0, 0.1) is 0 Å². The van der Waals surface area contributed by atoms with Crippen LogP contribution in [0.15, 0.2) is 24.4 Å². The summed E-state index contributed by atoms with van der Waals surface area (Å²) in [4.78, 5) is 0. The van der Waals surface area contributed by atoms with Gasteiger partial charge < -0.3 is 11.1 Å². The zero-order valence-corrected chi connectivity index (χ0v) is 5.91. The minimum absolute atomic E-state index is 0.493. The van der Waals surface area contributed by atoms with Crippen LogP contribution in [0.5, 0.6) is 0 Å². The maximum Gasteiger partial charge on any atom is 0.0352 e. The van der Waals surface area contributed by atoms with E-state index in [1.54, 1.807) is 0 Å². The highest BCUT2D eigenvalue weighted by molar-refractivity contribution is 4.99. The lowest BCUT2D eigenvalue weighted by atomic mass is 10.3. The van der Waals surface area contributed by atoms with Gasteiger partial charge >= 0.3 is 0 Å². The third kappa shape index (κ3) is 5.11. The quantitative estimate of drug-likeness (QED) is 0.542. The molecule has 9 heavy (non-hydrogen) atoms. The summed E-state index contributed by atoms with van der Waals surface area (Å²) in [5.41, 5.74) is 7.21. The van der Waals surface area contributed by atoms with Gasteiger partial charge in [-0.2, -0.15) is 0 Å². The Morgan fingerprint density at radius 3 is 2.44 bits per heavy atom. The van der Waals surface area contributed by atoms with Crippen molar-refractivity contribution in [1.82, 2.24) is 5.32 Å². The van der Waals surface area contributed by atoms with Crippen molar-refractivity contribution in [2.75, 3.05) is 13.1 Å². The van der Waals surface area contributed by atoms with Crippen molar-refractivity contribution in [1.29, 1.82) is 0 Å². The van der Waals surface area contributed by atoms with E-state index in [0.717, 1.165) is 17.8 Å². The highest BCUT2D eigenvalue weighted by Crippen LogP contribution is 1.84. The smallest absolute Gasteiger partial charge is 0.0352 e. The van der Waals surface area contributed by atoms with Crippen molar-refractivity contribution in [3.8, 4) is 0 Å². The Labute approximate surface area is 56.4 Å². The molecule has 0 rings (SSSR count). The van der Waals surface area contributed by atoms with Gasteiger partial charge in [0.15, 0.2) is 0 Å². The van der Waals surface area contributed by atoms with Crippen molar-refractivity contribution in [2.24, 2.45) is 5.73 Å². The summed E-state index contributed by atoms with van der Waals surface area (Å²) in [6.45, 7) is 10.6. The first-order chi connectivity index (χ1) is 4.16. The summed E-state index contributed by atoms with van der Waals surface area (Å²) in [6, 6.07) is 0. The number of hydrogen-bond acceptors (Lipinski definition) is 2. The zero-order chi connectivity index (χ0) is 7.28. The van der Waals surface area contributed by atoms with E-state index in [4.69, 9.17) is 5.73 Å². The Bertz CT molecular complexity index is 116. The largest absolute Gasteiger partial charge is 0.384 e. The molecule has 0 aromatic heterocycles. The fourth-order valence-electron chi connectivity index (χ4n) is 0.348. The molecule has 2 nitrogen and oxygen atoms in total. The standard InChI is InChI=1S/C7H14N2/c1-6(2)5-9-7(3)4-8/h9H,1,3-5,8H2,2H3. The number of nitrogens with one attached hydrogen (secondary N) is 1. The third-order valence-corrected chi connectivity index (χ3v) is 0.887. The molecule has 0 heterocycles. The molecule has 0 fully saturated rings. The molecule has 0 saturated carbocycles. The van der Waals surface area contributed by atoms with Gasteiger partial charge in [0.2, 0.25) is 0 Å². The molecule has 0 bridgehead atoms. The minimum Gasteiger partial charge on any atom is -0.384 e. The Morgan fingerprint density at radius 2 is 2.11 bits per heavy atom. The molecule has 0 atom stereocenters. The van der Waals surface area contributed by atoms with Gasteiger partial charge in [0.1, 0.15) is 0 Å². The van der Waals surface area contributed by atoms with E-state index in [9.17, 15) is 0 Å². The van der Waals surface area contributed by atoms with Gasteiger partial charge in [0.05, 0.1) is 0 Å². The molecule has 0 aliphatic heterocycles. The lowest BCUT2D eigenvalue weighted by molar-refractivity contribution is 0.844. The molecule has 0 aromatic rings. The SMILES string of the molecule is C=C(C)CNC(=C)CN. The second-order valence-electron chi connectivity index (χ2n) is 2.12. The Hall–Kier alpha value is -0.760.